The summed E-state index contributed by atoms with van der Waals surface area (Å²) in [5.74, 6) is 0. The molecule has 1 aromatic carbocycles. The molecule has 0 spiro atoms. The van der Waals surface area contributed by atoms with Gasteiger partial charge in [-0.15, -0.1) is 0 Å². The molecule has 2 aromatic rings. The predicted molar refractivity (Wildman–Crippen MR) is 118 cm³/mol. The number of rotatable bonds is 1. The molecule has 3 rings (SSSR count). The summed E-state index contributed by atoms with van der Waals surface area (Å²) in [6, 6.07) is 6.71. The Morgan fingerprint density at radius 1 is 0.829 bits per heavy atom. The number of hydrogen-bond donors (Lipinski definition) is 11. The number of aliphatic hydroxyl groups excluding tert-OH is 2. The van der Waals surface area contributed by atoms with E-state index in [4.69, 9.17) is 74.1 Å². The Morgan fingerprint density at radius 3 is 1.63 bits per heavy atom. The second-order valence-electron chi connectivity index (χ2n) is 6.51. The van der Waals surface area contributed by atoms with Gasteiger partial charge in [-0.05, 0) is 36.6 Å². The van der Waals surface area contributed by atoms with Gasteiger partial charge in [0, 0.05) is 16.6 Å². The van der Waals surface area contributed by atoms with Crippen molar-refractivity contribution in [3.63, 3.8) is 0 Å². The molecule has 1 saturated heterocycles. The number of fused-ring (bicyclic) bond motifs is 1. The van der Waals surface area contributed by atoms with E-state index in [1.165, 1.54) is 4.57 Å². The van der Waals surface area contributed by atoms with Crippen LogP contribution in [-0.4, -0.2) is 77.1 Å². The van der Waals surface area contributed by atoms with Gasteiger partial charge in [-0.1, -0.05) is 11.6 Å². The van der Waals surface area contributed by atoms with Gasteiger partial charge in [0.2, 0.25) is 0 Å². The summed E-state index contributed by atoms with van der Waals surface area (Å²) in [6.07, 6.45) is -2.00. The van der Waals surface area contributed by atoms with Crippen molar-refractivity contribution in [2.45, 2.75) is 31.5 Å². The minimum atomic E-state index is -4.64. The number of aromatic nitrogens is 1. The van der Waals surface area contributed by atoms with Crippen molar-refractivity contribution in [3.05, 3.63) is 45.8 Å². The Hall–Kier alpha value is -1.07. The van der Waals surface area contributed by atoms with E-state index in [9.17, 15) is 15.0 Å². The van der Waals surface area contributed by atoms with E-state index in [-0.39, 0.29) is 5.56 Å². The molecule has 2 heterocycles. The van der Waals surface area contributed by atoms with Gasteiger partial charge >= 0.3 is 23.5 Å². The van der Waals surface area contributed by atoms with Crippen LogP contribution in [0.25, 0.3) is 10.8 Å². The number of benzene rings is 1. The van der Waals surface area contributed by atoms with Crippen molar-refractivity contribution >= 4 is 45.8 Å². The Kier molecular flexibility index (Phi) is 13.1. The minimum Gasteiger partial charge on any atom is -0.388 e. The zero-order chi connectivity index (χ0) is 27.9. The quantitative estimate of drug-likeness (QED) is 0.169. The molecule has 17 nitrogen and oxygen atoms in total. The second-order valence-corrected chi connectivity index (χ2v) is 10.0. The summed E-state index contributed by atoms with van der Waals surface area (Å²) in [7, 11) is -13.9. The molecule has 0 bridgehead atoms. The van der Waals surface area contributed by atoms with Crippen molar-refractivity contribution in [1.29, 1.82) is 0 Å². The van der Waals surface area contributed by atoms with E-state index in [0.29, 0.717) is 10.4 Å². The number of phosphoric acid groups is 3. The SMILES string of the molecule is CC1OC(n2ccc3cc(Cl)ccc3c2=O)C(O)C1O.O=P(O)(O)O.O=P(O)(O)O.O=P(O)(O)O. The third-order valence-electron chi connectivity index (χ3n) is 3.64. The lowest BCUT2D eigenvalue weighted by Gasteiger charge is -2.18. The van der Waals surface area contributed by atoms with Crippen molar-refractivity contribution in [1.82, 2.24) is 4.57 Å². The molecule has 4 atom stereocenters. The number of pyridine rings is 1. The molecular formula is C14H23ClNO16P3. The molecular weight excluding hydrogens is 567 g/mol. The molecule has 0 saturated carbocycles. The summed E-state index contributed by atoms with van der Waals surface area (Å²) in [5.41, 5.74) is -0.287. The van der Waals surface area contributed by atoms with Gasteiger partial charge in [0.1, 0.15) is 12.2 Å². The van der Waals surface area contributed by atoms with E-state index in [1.807, 2.05) is 0 Å². The van der Waals surface area contributed by atoms with Gasteiger partial charge < -0.3 is 59.0 Å². The molecule has 1 aliphatic heterocycles. The van der Waals surface area contributed by atoms with Crippen molar-refractivity contribution in [3.8, 4) is 0 Å². The third-order valence-corrected chi connectivity index (χ3v) is 3.88. The topological polar surface area (TPSA) is 305 Å². The van der Waals surface area contributed by atoms with Crippen molar-refractivity contribution < 1.29 is 72.7 Å². The van der Waals surface area contributed by atoms with Crippen LogP contribution in [0.4, 0.5) is 0 Å². The molecule has 1 aromatic heterocycles. The smallest absolute Gasteiger partial charge is 0.388 e. The summed E-state index contributed by atoms with van der Waals surface area (Å²) in [4.78, 5) is 77.1. The highest BCUT2D eigenvalue weighted by molar-refractivity contribution is 7.45. The average molecular weight is 590 g/mol. The van der Waals surface area contributed by atoms with E-state index in [2.05, 4.69) is 0 Å². The highest BCUT2D eigenvalue weighted by atomic mass is 35.5. The van der Waals surface area contributed by atoms with Crippen LogP contribution < -0.4 is 5.56 Å². The lowest BCUT2D eigenvalue weighted by molar-refractivity contribution is -0.0339. The standard InChI is InChI=1S/C14H14ClNO4.3H3O4P/c1-7-11(17)12(18)14(20-7)16-5-4-8-6-9(15)2-3-10(8)13(16)19;3*1-5(2,3)4/h2-7,11-12,14,17-18H,1H3;3*(H3,1,2,3,4). The van der Waals surface area contributed by atoms with Crippen LogP contribution in [0.2, 0.25) is 5.02 Å². The summed E-state index contributed by atoms with van der Waals surface area (Å²) in [5, 5.41) is 21.5. The Morgan fingerprint density at radius 2 is 1.26 bits per heavy atom. The summed E-state index contributed by atoms with van der Waals surface area (Å²) < 4.78 is 33.4. The van der Waals surface area contributed by atoms with Gasteiger partial charge in [-0.2, -0.15) is 0 Å². The van der Waals surface area contributed by atoms with E-state index in [1.54, 1.807) is 37.4 Å². The molecule has 1 aliphatic rings. The molecule has 11 N–H and O–H groups in total. The van der Waals surface area contributed by atoms with Crippen LogP contribution in [0.3, 0.4) is 0 Å². The lowest BCUT2D eigenvalue weighted by atomic mass is 10.1. The van der Waals surface area contributed by atoms with Crippen LogP contribution in [0, 0.1) is 0 Å². The number of ether oxygens (including phenoxy) is 1. The Labute approximate surface area is 200 Å². The Balaban J connectivity index is 0.000000635. The zero-order valence-corrected chi connectivity index (χ0v) is 20.8. The highest BCUT2D eigenvalue weighted by Gasteiger charge is 2.41. The number of nitrogens with zero attached hydrogens (tertiary/aromatic N) is 1. The molecule has 35 heavy (non-hydrogen) atoms. The summed E-state index contributed by atoms with van der Waals surface area (Å²) >= 11 is 5.89. The monoisotopic (exact) mass is 589 g/mol. The third kappa shape index (κ3) is 15.6. The first-order valence-electron chi connectivity index (χ1n) is 8.66. The van der Waals surface area contributed by atoms with Crippen LogP contribution in [0.5, 0.6) is 0 Å². The first kappa shape index (κ1) is 33.9. The van der Waals surface area contributed by atoms with E-state index < -0.39 is 48.0 Å². The van der Waals surface area contributed by atoms with Crippen LogP contribution >= 0.6 is 35.1 Å². The average Bonchev–Trinajstić information content (AvgIpc) is 2.85. The highest BCUT2D eigenvalue weighted by Crippen LogP contribution is 2.29. The van der Waals surface area contributed by atoms with E-state index in [0.717, 1.165) is 5.39 Å². The first-order valence-corrected chi connectivity index (χ1v) is 13.7. The van der Waals surface area contributed by atoms with Gasteiger partial charge in [-0.25, -0.2) is 13.7 Å². The maximum atomic E-state index is 12.4. The number of halogens is 1. The second kappa shape index (κ2) is 13.5. The molecule has 1 fully saturated rings. The molecule has 4 unspecified atom stereocenters. The minimum absolute atomic E-state index is 0.287. The molecule has 202 valence electrons. The maximum Gasteiger partial charge on any atom is 0.466 e. The normalized spacial score (nSPS) is 22.2. The van der Waals surface area contributed by atoms with Crippen LogP contribution in [0.15, 0.2) is 35.3 Å². The fraction of sp³-hybridized carbons (Fsp3) is 0.357. The summed E-state index contributed by atoms with van der Waals surface area (Å²) in [6.45, 7) is 1.65. The fourth-order valence-electron chi connectivity index (χ4n) is 2.49. The van der Waals surface area contributed by atoms with Crippen molar-refractivity contribution in [2.24, 2.45) is 0 Å². The molecule has 0 aliphatic carbocycles. The number of hydrogen-bond acceptors (Lipinski definition) is 7. The van der Waals surface area contributed by atoms with Crippen LogP contribution in [-0.2, 0) is 18.4 Å². The first-order chi connectivity index (χ1) is 15.5. The zero-order valence-electron chi connectivity index (χ0n) is 17.3. The van der Waals surface area contributed by atoms with Gasteiger partial charge in [0.25, 0.3) is 5.56 Å². The fourth-order valence-corrected chi connectivity index (χ4v) is 2.67. The Bertz CT molecular complexity index is 1100. The predicted octanol–water partition coefficient (Wildman–Crippen LogP) is -1.49. The molecule has 0 amide bonds. The largest absolute Gasteiger partial charge is 0.466 e. The molecule has 0 radical (unpaired) electrons. The number of aliphatic hydroxyl groups is 2. The maximum absolute atomic E-state index is 12.4. The van der Waals surface area contributed by atoms with Gasteiger partial charge in [0.15, 0.2) is 6.23 Å². The molecule has 21 heteroatoms. The van der Waals surface area contributed by atoms with Gasteiger partial charge in [-0.3, -0.25) is 9.36 Å². The van der Waals surface area contributed by atoms with Gasteiger partial charge in [0.05, 0.1) is 6.10 Å². The lowest BCUT2D eigenvalue weighted by Crippen LogP contribution is -2.34. The van der Waals surface area contributed by atoms with Crippen LogP contribution in [0.1, 0.15) is 13.2 Å². The van der Waals surface area contributed by atoms with E-state index >= 15 is 0 Å². The van der Waals surface area contributed by atoms with Crippen molar-refractivity contribution in [2.75, 3.05) is 0 Å².